The maximum absolute atomic E-state index is 4.15. The van der Waals surface area contributed by atoms with Gasteiger partial charge in [-0.1, -0.05) is 39.0 Å². The van der Waals surface area contributed by atoms with Crippen LogP contribution in [0.1, 0.15) is 45.4 Å². The lowest BCUT2D eigenvalue weighted by atomic mass is 10.1. The number of hydrogen-bond donors (Lipinski definition) is 1. The fourth-order valence-corrected chi connectivity index (χ4v) is 1.32. The van der Waals surface area contributed by atoms with Gasteiger partial charge in [-0.2, -0.15) is 12.6 Å². The van der Waals surface area contributed by atoms with Crippen molar-refractivity contribution in [1.29, 1.82) is 0 Å². The molecule has 0 aliphatic heterocycles. The third-order valence-corrected chi connectivity index (χ3v) is 2.23. The second-order valence-corrected chi connectivity index (χ2v) is 3.73. The molecule has 1 aromatic heterocycles. The van der Waals surface area contributed by atoms with Gasteiger partial charge >= 0.3 is 0 Å². The van der Waals surface area contributed by atoms with Crippen molar-refractivity contribution in [2.24, 2.45) is 0 Å². The lowest BCUT2D eigenvalue weighted by Gasteiger charge is -1.95. The number of unbranched alkanes of at least 4 members (excludes halogenated alkanes) is 5. The standard InChI is InChI=1S/C8H18S.C3H3N3/c1-2-3-4-5-6-7-8-9;1-4-2-6-3-5-1/h9H,2-8H2,1H3;1-3H. The molecule has 0 saturated carbocycles. The normalized spacial score (nSPS) is 9.20. The largest absolute Gasteiger partial charge is 0.225 e. The Kier molecular flexibility index (Phi) is 12.8. The lowest BCUT2D eigenvalue weighted by Crippen LogP contribution is -1.78. The van der Waals surface area contributed by atoms with Gasteiger partial charge in [0.2, 0.25) is 0 Å². The van der Waals surface area contributed by atoms with Crippen LogP contribution in [-0.2, 0) is 0 Å². The lowest BCUT2D eigenvalue weighted by molar-refractivity contribution is 0.627. The van der Waals surface area contributed by atoms with Gasteiger partial charge in [-0.3, -0.25) is 0 Å². The summed E-state index contributed by atoms with van der Waals surface area (Å²) in [4.78, 5) is 10.7. The van der Waals surface area contributed by atoms with Gasteiger partial charge in [0.1, 0.15) is 19.0 Å². The zero-order valence-corrected chi connectivity index (χ0v) is 10.4. The van der Waals surface area contributed by atoms with E-state index >= 15 is 0 Å². The minimum atomic E-state index is 1.06. The van der Waals surface area contributed by atoms with Crippen LogP contribution in [0.4, 0.5) is 0 Å². The molecule has 0 amide bonds. The third-order valence-electron chi connectivity index (χ3n) is 1.91. The summed E-state index contributed by atoms with van der Waals surface area (Å²) in [6.07, 6.45) is 12.6. The van der Waals surface area contributed by atoms with Gasteiger partial charge in [0.15, 0.2) is 0 Å². The molecule has 86 valence electrons. The molecule has 4 heteroatoms. The Morgan fingerprint density at radius 2 is 1.27 bits per heavy atom. The summed E-state index contributed by atoms with van der Waals surface area (Å²) >= 11 is 4.15. The molecule has 0 bridgehead atoms. The second-order valence-electron chi connectivity index (χ2n) is 3.28. The minimum absolute atomic E-state index is 1.06. The Labute approximate surface area is 98.2 Å². The monoisotopic (exact) mass is 227 g/mol. The highest BCUT2D eigenvalue weighted by molar-refractivity contribution is 7.80. The van der Waals surface area contributed by atoms with Gasteiger partial charge in [0.05, 0.1) is 0 Å². The molecular formula is C11H21N3S. The van der Waals surface area contributed by atoms with Crippen molar-refractivity contribution in [3.8, 4) is 0 Å². The van der Waals surface area contributed by atoms with E-state index < -0.39 is 0 Å². The first kappa shape index (κ1) is 14.4. The summed E-state index contributed by atoms with van der Waals surface area (Å²) in [5, 5.41) is 0. The van der Waals surface area contributed by atoms with Crippen molar-refractivity contribution in [2.75, 3.05) is 5.75 Å². The Hall–Kier alpha value is -0.640. The van der Waals surface area contributed by atoms with E-state index in [9.17, 15) is 0 Å². The SMILES string of the molecule is CCCCCCCCS.c1ncncn1. The number of rotatable bonds is 6. The minimum Gasteiger partial charge on any atom is -0.225 e. The van der Waals surface area contributed by atoms with E-state index in [2.05, 4.69) is 34.5 Å². The predicted octanol–water partition coefficient (Wildman–Crippen LogP) is 3.15. The van der Waals surface area contributed by atoms with Gasteiger partial charge in [-0.15, -0.1) is 0 Å². The van der Waals surface area contributed by atoms with Crippen molar-refractivity contribution in [3.05, 3.63) is 19.0 Å². The van der Waals surface area contributed by atoms with Crippen molar-refractivity contribution < 1.29 is 0 Å². The van der Waals surface area contributed by atoms with Crippen LogP contribution in [-0.4, -0.2) is 20.7 Å². The van der Waals surface area contributed by atoms with E-state index in [0.29, 0.717) is 0 Å². The maximum atomic E-state index is 4.15. The first-order valence-electron chi connectivity index (χ1n) is 5.57. The number of hydrogen-bond acceptors (Lipinski definition) is 4. The molecule has 3 nitrogen and oxygen atoms in total. The van der Waals surface area contributed by atoms with Gasteiger partial charge in [-0.25, -0.2) is 15.0 Å². The van der Waals surface area contributed by atoms with Crippen LogP contribution < -0.4 is 0 Å². The molecule has 1 heterocycles. The summed E-state index contributed by atoms with van der Waals surface area (Å²) in [6.45, 7) is 2.25. The zero-order chi connectivity index (χ0) is 11.2. The van der Waals surface area contributed by atoms with Crippen LogP contribution in [0.2, 0.25) is 0 Å². The van der Waals surface area contributed by atoms with Crippen LogP contribution in [0.25, 0.3) is 0 Å². The first-order chi connectivity index (χ1) is 7.41. The summed E-state index contributed by atoms with van der Waals surface area (Å²) < 4.78 is 0. The maximum Gasteiger partial charge on any atom is 0.119 e. The molecule has 0 atom stereocenters. The third kappa shape index (κ3) is 13.4. The van der Waals surface area contributed by atoms with Crippen LogP contribution in [0.15, 0.2) is 19.0 Å². The Balaban J connectivity index is 0.000000280. The number of thiol groups is 1. The average Bonchev–Trinajstić information content (AvgIpc) is 2.32. The molecule has 0 aromatic carbocycles. The molecule has 0 aliphatic carbocycles. The van der Waals surface area contributed by atoms with Gasteiger partial charge in [0, 0.05) is 0 Å². The highest BCUT2D eigenvalue weighted by atomic mass is 32.1. The molecule has 1 rings (SSSR count). The van der Waals surface area contributed by atoms with Gasteiger partial charge in [0.25, 0.3) is 0 Å². The average molecular weight is 227 g/mol. The fraction of sp³-hybridized carbons (Fsp3) is 0.727. The highest BCUT2D eigenvalue weighted by Crippen LogP contribution is 2.04. The van der Waals surface area contributed by atoms with E-state index in [4.69, 9.17) is 0 Å². The molecule has 0 saturated heterocycles. The predicted molar refractivity (Wildman–Crippen MR) is 67.1 cm³/mol. The molecule has 15 heavy (non-hydrogen) atoms. The molecule has 0 aliphatic rings. The fourth-order valence-electron chi connectivity index (χ4n) is 1.10. The summed E-state index contributed by atoms with van der Waals surface area (Å²) in [5.74, 6) is 1.06. The molecule has 0 N–H and O–H groups in total. The molecule has 0 unspecified atom stereocenters. The summed E-state index contributed by atoms with van der Waals surface area (Å²) in [5.41, 5.74) is 0. The molecule has 0 fully saturated rings. The Morgan fingerprint density at radius 1 is 0.800 bits per heavy atom. The first-order valence-corrected chi connectivity index (χ1v) is 6.20. The van der Waals surface area contributed by atoms with E-state index in [1.165, 1.54) is 57.5 Å². The highest BCUT2D eigenvalue weighted by Gasteiger charge is 1.86. The number of aromatic nitrogens is 3. The smallest absolute Gasteiger partial charge is 0.119 e. The van der Waals surface area contributed by atoms with Crippen molar-refractivity contribution in [3.63, 3.8) is 0 Å². The van der Waals surface area contributed by atoms with Crippen molar-refractivity contribution in [2.45, 2.75) is 45.4 Å². The van der Waals surface area contributed by atoms with Crippen molar-refractivity contribution in [1.82, 2.24) is 15.0 Å². The van der Waals surface area contributed by atoms with Crippen LogP contribution in [0.5, 0.6) is 0 Å². The molecule has 1 aromatic rings. The zero-order valence-electron chi connectivity index (χ0n) is 9.47. The Morgan fingerprint density at radius 3 is 1.67 bits per heavy atom. The quantitative estimate of drug-likeness (QED) is 0.599. The second kappa shape index (κ2) is 13.4. The Bertz CT molecular complexity index is 162. The van der Waals surface area contributed by atoms with Gasteiger partial charge < -0.3 is 0 Å². The van der Waals surface area contributed by atoms with E-state index in [0.717, 1.165) is 5.75 Å². The van der Waals surface area contributed by atoms with E-state index in [1.807, 2.05) is 0 Å². The topological polar surface area (TPSA) is 38.7 Å². The summed E-state index contributed by atoms with van der Waals surface area (Å²) in [6, 6.07) is 0. The number of nitrogens with zero attached hydrogens (tertiary/aromatic N) is 3. The van der Waals surface area contributed by atoms with E-state index in [1.54, 1.807) is 0 Å². The van der Waals surface area contributed by atoms with Crippen LogP contribution >= 0.6 is 12.6 Å². The van der Waals surface area contributed by atoms with Crippen LogP contribution in [0, 0.1) is 0 Å². The summed E-state index contributed by atoms with van der Waals surface area (Å²) in [7, 11) is 0. The molecule has 0 radical (unpaired) electrons. The van der Waals surface area contributed by atoms with E-state index in [-0.39, 0.29) is 0 Å². The molecule has 0 spiro atoms. The van der Waals surface area contributed by atoms with Gasteiger partial charge in [-0.05, 0) is 12.2 Å². The molecular weight excluding hydrogens is 206 g/mol. The van der Waals surface area contributed by atoms with Crippen LogP contribution in [0.3, 0.4) is 0 Å². The van der Waals surface area contributed by atoms with Crippen molar-refractivity contribution >= 4 is 12.6 Å².